The van der Waals surface area contributed by atoms with Crippen LogP contribution in [0.5, 0.6) is 0 Å². The summed E-state index contributed by atoms with van der Waals surface area (Å²) in [7, 11) is 3.30. The van der Waals surface area contributed by atoms with E-state index in [0.717, 1.165) is 0 Å². The molecule has 5 nitrogen and oxygen atoms in total. The summed E-state index contributed by atoms with van der Waals surface area (Å²) in [6.07, 6.45) is -0.0204. The molecule has 0 aromatic rings. The number of hydrogen-bond donors (Lipinski definition) is 1. The highest BCUT2D eigenvalue weighted by Crippen LogP contribution is 2.06. The maximum absolute atomic E-state index is 11.6. The van der Waals surface area contributed by atoms with Crippen molar-refractivity contribution in [3.8, 4) is 0 Å². The highest BCUT2D eigenvalue weighted by molar-refractivity contribution is 5.75. The monoisotopic (exact) mass is 202 g/mol. The summed E-state index contributed by atoms with van der Waals surface area (Å²) in [5.74, 6) is -0.887. The third-order valence-corrected chi connectivity index (χ3v) is 1.97. The molecule has 0 aromatic carbocycles. The van der Waals surface area contributed by atoms with E-state index in [4.69, 9.17) is 5.11 Å². The zero-order chi connectivity index (χ0) is 11.3. The predicted molar refractivity (Wildman–Crippen MR) is 53.2 cm³/mol. The van der Waals surface area contributed by atoms with Gasteiger partial charge in [0.15, 0.2) is 0 Å². The molecular formula is C9H18N2O3. The molecule has 0 aliphatic heterocycles. The smallest absolute Gasteiger partial charge is 0.319 e. The number of carboxylic acid groups (broad SMARTS) is 1. The summed E-state index contributed by atoms with van der Waals surface area (Å²) < 4.78 is 0. The zero-order valence-corrected chi connectivity index (χ0v) is 9.15. The number of aliphatic carboxylic acids is 1. The normalized spacial score (nSPS) is 12.0. The Kier molecular flexibility index (Phi) is 4.97. The van der Waals surface area contributed by atoms with Crippen molar-refractivity contribution in [1.29, 1.82) is 0 Å². The topological polar surface area (TPSA) is 60.9 Å². The third kappa shape index (κ3) is 3.64. The predicted octanol–water partition coefficient (Wildman–Crippen LogP) is 0.853. The lowest BCUT2D eigenvalue weighted by molar-refractivity contribution is -0.138. The number of amides is 2. The van der Waals surface area contributed by atoms with E-state index in [2.05, 4.69) is 0 Å². The van der Waals surface area contributed by atoms with Crippen molar-refractivity contribution in [2.75, 3.05) is 20.6 Å². The SMILES string of the molecule is CCN(C(=O)N(C)C)C(C)CC(=O)O. The lowest BCUT2D eigenvalue weighted by atomic mass is 10.2. The maximum atomic E-state index is 11.6. The summed E-state index contributed by atoms with van der Waals surface area (Å²) in [5, 5.41) is 8.60. The standard InChI is InChI=1S/C9H18N2O3/c1-5-11(9(14)10(3)4)7(2)6-8(12)13/h7H,5-6H2,1-4H3,(H,12,13). The largest absolute Gasteiger partial charge is 0.481 e. The van der Waals surface area contributed by atoms with Crippen LogP contribution in [0.2, 0.25) is 0 Å². The molecule has 0 spiro atoms. The van der Waals surface area contributed by atoms with Crippen LogP contribution in [0.15, 0.2) is 0 Å². The van der Waals surface area contributed by atoms with Crippen LogP contribution in [0.1, 0.15) is 20.3 Å². The molecule has 0 fully saturated rings. The Balaban J connectivity index is 4.39. The molecule has 0 aromatic heterocycles. The minimum absolute atomic E-state index is 0.0204. The molecule has 0 rings (SSSR count). The first-order chi connectivity index (χ1) is 6.40. The van der Waals surface area contributed by atoms with Gasteiger partial charge < -0.3 is 14.9 Å². The van der Waals surface area contributed by atoms with Gasteiger partial charge in [-0.05, 0) is 13.8 Å². The van der Waals surface area contributed by atoms with Gasteiger partial charge in [0.1, 0.15) is 0 Å². The summed E-state index contributed by atoms with van der Waals surface area (Å²) in [4.78, 5) is 25.0. The maximum Gasteiger partial charge on any atom is 0.319 e. The van der Waals surface area contributed by atoms with Crippen LogP contribution in [0.25, 0.3) is 0 Å². The van der Waals surface area contributed by atoms with Gasteiger partial charge in [-0.15, -0.1) is 0 Å². The average Bonchev–Trinajstić information content (AvgIpc) is 2.03. The van der Waals surface area contributed by atoms with Crippen LogP contribution >= 0.6 is 0 Å². The van der Waals surface area contributed by atoms with Gasteiger partial charge in [0.2, 0.25) is 0 Å². The Hall–Kier alpha value is -1.26. The van der Waals surface area contributed by atoms with Crippen LogP contribution in [0.3, 0.4) is 0 Å². The van der Waals surface area contributed by atoms with E-state index in [-0.39, 0.29) is 18.5 Å². The van der Waals surface area contributed by atoms with Gasteiger partial charge in [0, 0.05) is 26.7 Å². The molecule has 0 bridgehead atoms. The van der Waals surface area contributed by atoms with Crippen LogP contribution in [-0.4, -0.2) is 53.6 Å². The van der Waals surface area contributed by atoms with E-state index >= 15 is 0 Å². The molecule has 0 saturated heterocycles. The molecular weight excluding hydrogens is 184 g/mol. The van der Waals surface area contributed by atoms with Crippen molar-refractivity contribution in [2.45, 2.75) is 26.3 Å². The second-order valence-corrected chi connectivity index (χ2v) is 3.41. The molecule has 0 radical (unpaired) electrons. The minimum Gasteiger partial charge on any atom is -0.481 e. The molecule has 0 heterocycles. The first kappa shape index (κ1) is 12.7. The number of carbonyl (C=O) groups excluding carboxylic acids is 1. The molecule has 2 amide bonds. The third-order valence-electron chi connectivity index (χ3n) is 1.97. The molecule has 14 heavy (non-hydrogen) atoms. The Labute approximate surface area is 84.3 Å². The summed E-state index contributed by atoms with van der Waals surface area (Å²) >= 11 is 0. The van der Waals surface area contributed by atoms with Gasteiger partial charge in [-0.2, -0.15) is 0 Å². The first-order valence-electron chi connectivity index (χ1n) is 4.59. The number of carboxylic acids is 1. The van der Waals surface area contributed by atoms with E-state index in [1.165, 1.54) is 9.80 Å². The van der Waals surface area contributed by atoms with Crippen LogP contribution in [-0.2, 0) is 4.79 Å². The Morgan fingerprint density at radius 2 is 1.86 bits per heavy atom. The zero-order valence-electron chi connectivity index (χ0n) is 9.15. The van der Waals surface area contributed by atoms with E-state index in [0.29, 0.717) is 6.54 Å². The Morgan fingerprint density at radius 1 is 1.36 bits per heavy atom. The van der Waals surface area contributed by atoms with Crippen molar-refractivity contribution in [3.63, 3.8) is 0 Å². The van der Waals surface area contributed by atoms with Crippen molar-refractivity contribution in [2.24, 2.45) is 0 Å². The highest BCUT2D eigenvalue weighted by Gasteiger charge is 2.21. The fourth-order valence-corrected chi connectivity index (χ4v) is 1.26. The second kappa shape index (κ2) is 5.47. The van der Waals surface area contributed by atoms with Crippen molar-refractivity contribution in [3.05, 3.63) is 0 Å². The highest BCUT2D eigenvalue weighted by atomic mass is 16.4. The van der Waals surface area contributed by atoms with Gasteiger partial charge in [-0.3, -0.25) is 4.79 Å². The first-order valence-corrected chi connectivity index (χ1v) is 4.59. The average molecular weight is 202 g/mol. The van der Waals surface area contributed by atoms with Crippen LogP contribution in [0.4, 0.5) is 4.79 Å². The van der Waals surface area contributed by atoms with Gasteiger partial charge in [-0.25, -0.2) is 4.79 Å². The van der Waals surface area contributed by atoms with Crippen molar-refractivity contribution >= 4 is 12.0 Å². The molecule has 0 saturated carbocycles. The van der Waals surface area contributed by atoms with E-state index in [1.54, 1.807) is 21.0 Å². The lowest BCUT2D eigenvalue weighted by Gasteiger charge is -2.29. The molecule has 0 aliphatic rings. The number of rotatable bonds is 4. The molecule has 1 unspecified atom stereocenters. The second-order valence-electron chi connectivity index (χ2n) is 3.41. The molecule has 82 valence electrons. The van der Waals surface area contributed by atoms with Gasteiger partial charge in [0.25, 0.3) is 0 Å². The summed E-state index contributed by atoms with van der Waals surface area (Å²) in [5.41, 5.74) is 0. The number of urea groups is 1. The van der Waals surface area contributed by atoms with E-state index in [1.807, 2.05) is 6.92 Å². The van der Waals surface area contributed by atoms with Crippen molar-refractivity contribution < 1.29 is 14.7 Å². The van der Waals surface area contributed by atoms with E-state index in [9.17, 15) is 9.59 Å². The minimum atomic E-state index is -0.887. The Bertz CT molecular complexity index is 216. The van der Waals surface area contributed by atoms with Gasteiger partial charge in [0.05, 0.1) is 6.42 Å². The van der Waals surface area contributed by atoms with Crippen LogP contribution in [0, 0.1) is 0 Å². The Morgan fingerprint density at radius 3 is 2.14 bits per heavy atom. The van der Waals surface area contributed by atoms with Crippen LogP contribution < -0.4 is 0 Å². The van der Waals surface area contributed by atoms with Gasteiger partial charge >= 0.3 is 12.0 Å². The number of carbonyl (C=O) groups is 2. The molecule has 1 atom stereocenters. The van der Waals surface area contributed by atoms with Gasteiger partial charge in [-0.1, -0.05) is 0 Å². The number of nitrogens with zero attached hydrogens (tertiary/aromatic N) is 2. The summed E-state index contributed by atoms with van der Waals surface area (Å²) in [6, 6.07) is -0.423. The quantitative estimate of drug-likeness (QED) is 0.735. The fourth-order valence-electron chi connectivity index (χ4n) is 1.26. The molecule has 1 N–H and O–H groups in total. The van der Waals surface area contributed by atoms with E-state index < -0.39 is 5.97 Å². The molecule has 0 aliphatic carbocycles. The number of hydrogen-bond acceptors (Lipinski definition) is 2. The summed E-state index contributed by atoms with van der Waals surface area (Å²) in [6.45, 7) is 4.09. The fraction of sp³-hybridized carbons (Fsp3) is 0.778. The molecule has 5 heteroatoms. The lowest BCUT2D eigenvalue weighted by Crippen LogP contribution is -2.45. The van der Waals surface area contributed by atoms with Crippen molar-refractivity contribution in [1.82, 2.24) is 9.80 Å².